The summed E-state index contributed by atoms with van der Waals surface area (Å²) in [5, 5.41) is 2.68. The van der Waals surface area contributed by atoms with Crippen LogP contribution in [0.4, 0.5) is 4.79 Å². The zero-order chi connectivity index (χ0) is 16.5. The molecular weight excluding hydrogens is 324 g/mol. The fourth-order valence-corrected chi connectivity index (χ4v) is 3.60. The van der Waals surface area contributed by atoms with Crippen molar-refractivity contribution in [3.63, 3.8) is 0 Å². The molecule has 2 aliphatic rings. The number of pyridine rings is 1. The zero-order valence-corrected chi connectivity index (χ0v) is 13.6. The number of imide groups is 1. The molecule has 6 heteroatoms. The Kier molecular flexibility index (Phi) is 3.87. The van der Waals surface area contributed by atoms with Crippen molar-refractivity contribution >= 4 is 40.0 Å². The van der Waals surface area contributed by atoms with E-state index >= 15 is 0 Å². The minimum Gasteiger partial charge on any atom is -0.455 e. The molecule has 0 aromatic carbocycles. The van der Waals surface area contributed by atoms with Crippen molar-refractivity contribution in [1.29, 1.82) is 0 Å². The number of hydrogen-bond acceptors (Lipinski definition) is 5. The number of nitrogens with zero attached hydrogens (tertiary/aromatic N) is 1. The highest BCUT2D eigenvalue weighted by molar-refractivity contribution is 8.18. The fraction of sp³-hybridized carbons (Fsp3) is 0.278. The van der Waals surface area contributed by atoms with Gasteiger partial charge >= 0.3 is 0 Å². The Morgan fingerprint density at radius 1 is 1.29 bits per heavy atom. The molecule has 4 rings (SSSR count). The highest BCUT2D eigenvalue weighted by atomic mass is 32.2. The molecule has 5 nitrogen and oxygen atoms in total. The molecule has 3 heterocycles. The van der Waals surface area contributed by atoms with E-state index in [2.05, 4.69) is 22.1 Å². The average molecular weight is 338 g/mol. The second-order valence-electron chi connectivity index (χ2n) is 5.86. The lowest BCUT2D eigenvalue weighted by molar-refractivity contribution is -0.115. The van der Waals surface area contributed by atoms with Crippen molar-refractivity contribution in [2.75, 3.05) is 0 Å². The highest BCUT2D eigenvalue weighted by Crippen LogP contribution is 2.29. The molecule has 0 unspecified atom stereocenters. The van der Waals surface area contributed by atoms with Crippen molar-refractivity contribution in [2.24, 2.45) is 5.92 Å². The van der Waals surface area contributed by atoms with E-state index in [0.29, 0.717) is 22.2 Å². The quantitative estimate of drug-likeness (QED) is 0.634. The van der Waals surface area contributed by atoms with Gasteiger partial charge in [0.1, 0.15) is 5.76 Å². The first kappa shape index (κ1) is 15.0. The Bertz CT molecular complexity index is 927. The maximum Gasteiger partial charge on any atom is 0.290 e. The number of carbonyl (C=O) groups excluding carboxylic acids is 2. The molecule has 2 aromatic heterocycles. The van der Waals surface area contributed by atoms with E-state index in [1.165, 1.54) is 12.8 Å². The molecule has 24 heavy (non-hydrogen) atoms. The maximum absolute atomic E-state index is 11.6. The summed E-state index contributed by atoms with van der Waals surface area (Å²) in [6, 6.07) is 1.80. The van der Waals surface area contributed by atoms with Crippen molar-refractivity contribution in [1.82, 2.24) is 10.3 Å². The summed E-state index contributed by atoms with van der Waals surface area (Å²) in [4.78, 5) is 27.4. The Morgan fingerprint density at radius 3 is 2.88 bits per heavy atom. The molecule has 1 N–H and O–H groups in total. The van der Waals surface area contributed by atoms with Crippen LogP contribution in [0.2, 0.25) is 0 Å². The van der Waals surface area contributed by atoms with Gasteiger partial charge in [0.15, 0.2) is 5.58 Å². The molecule has 0 bridgehead atoms. The molecule has 1 saturated carbocycles. The van der Waals surface area contributed by atoms with Gasteiger partial charge in [-0.15, -0.1) is 0 Å². The molecule has 1 aliphatic carbocycles. The lowest BCUT2D eigenvalue weighted by Crippen LogP contribution is -2.17. The number of hydrogen-bond donors (Lipinski definition) is 1. The fourth-order valence-electron chi connectivity index (χ4n) is 2.94. The number of fused-ring (bicyclic) bond motifs is 1. The van der Waals surface area contributed by atoms with Crippen LogP contribution in [-0.4, -0.2) is 16.1 Å². The lowest BCUT2D eigenvalue weighted by Gasteiger charge is -1.96. The van der Waals surface area contributed by atoms with Crippen molar-refractivity contribution < 1.29 is 14.0 Å². The van der Waals surface area contributed by atoms with E-state index < -0.39 is 5.91 Å². The molecule has 0 spiro atoms. The summed E-state index contributed by atoms with van der Waals surface area (Å²) in [5.41, 5.74) is 1.42. The molecule has 2 aromatic rings. The molecule has 1 aliphatic heterocycles. The first-order valence-electron chi connectivity index (χ1n) is 7.83. The number of amides is 2. The van der Waals surface area contributed by atoms with Gasteiger partial charge in [0.25, 0.3) is 11.1 Å². The van der Waals surface area contributed by atoms with E-state index in [4.69, 9.17) is 4.42 Å². The van der Waals surface area contributed by atoms with Crippen LogP contribution in [0.25, 0.3) is 17.0 Å². The predicted molar refractivity (Wildman–Crippen MR) is 92.0 cm³/mol. The molecule has 1 saturated heterocycles. The van der Waals surface area contributed by atoms with E-state index in [1.54, 1.807) is 24.5 Å². The predicted octanol–water partition coefficient (Wildman–Crippen LogP) is 3.69. The standard InChI is InChI=1S/C18H14N2O3S/c21-17-15(24-18(22)20-17)8-14-7-13-10-19-9-12(16(13)23-14)6-5-11-3-1-2-4-11/h7-11H,1-4H2,(H,20,21,22)/b15-8+. The van der Waals surface area contributed by atoms with E-state index in [-0.39, 0.29) is 5.24 Å². The summed E-state index contributed by atoms with van der Waals surface area (Å²) in [5.74, 6) is 7.06. The number of nitrogens with one attached hydrogen (secondary N) is 1. The lowest BCUT2D eigenvalue weighted by atomic mass is 10.1. The largest absolute Gasteiger partial charge is 0.455 e. The maximum atomic E-state index is 11.6. The van der Waals surface area contributed by atoms with Crippen LogP contribution < -0.4 is 5.32 Å². The van der Waals surface area contributed by atoms with Gasteiger partial charge in [0, 0.05) is 29.8 Å². The third-order valence-corrected chi connectivity index (χ3v) is 4.93. The Balaban J connectivity index is 1.68. The molecular formula is C18H14N2O3S. The Labute approximate surface area is 142 Å². The summed E-state index contributed by atoms with van der Waals surface area (Å²) < 4.78 is 5.84. The average Bonchev–Trinajstić information content (AvgIpc) is 3.26. The van der Waals surface area contributed by atoms with E-state index in [9.17, 15) is 9.59 Å². The van der Waals surface area contributed by atoms with Crippen molar-refractivity contribution in [2.45, 2.75) is 25.7 Å². The van der Waals surface area contributed by atoms with Crippen LogP contribution in [-0.2, 0) is 4.79 Å². The van der Waals surface area contributed by atoms with Gasteiger partial charge in [-0.2, -0.15) is 0 Å². The number of thioether (sulfide) groups is 1. The van der Waals surface area contributed by atoms with E-state index in [1.807, 2.05) is 0 Å². The normalized spacial score (nSPS) is 19.8. The highest BCUT2D eigenvalue weighted by Gasteiger charge is 2.25. The molecule has 0 radical (unpaired) electrons. The molecule has 120 valence electrons. The SMILES string of the molecule is O=C1NC(=O)/C(=C\c2cc3cncc(C#CC4CCCC4)c3o2)S1. The van der Waals surface area contributed by atoms with Crippen LogP contribution in [0.5, 0.6) is 0 Å². The van der Waals surface area contributed by atoms with Gasteiger partial charge in [-0.1, -0.05) is 24.7 Å². The third kappa shape index (κ3) is 2.95. The number of furan rings is 1. The summed E-state index contributed by atoms with van der Waals surface area (Å²) in [6.07, 6.45) is 9.79. The first-order valence-corrected chi connectivity index (χ1v) is 8.64. The molecule has 2 amide bonds. The summed E-state index contributed by atoms with van der Waals surface area (Å²) >= 11 is 0.868. The second-order valence-corrected chi connectivity index (χ2v) is 6.87. The minimum atomic E-state index is -0.398. The van der Waals surface area contributed by atoms with Crippen LogP contribution in [0.3, 0.4) is 0 Å². The number of aromatic nitrogens is 1. The van der Waals surface area contributed by atoms with Crippen LogP contribution in [0.1, 0.15) is 37.0 Å². The van der Waals surface area contributed by atoms with Crippen LogP contribution >= 0.6 is 11.8 Å². The van der Waals surface area contributed by atoms with Crippen molar-refractivity contribution in [3.05, 3.63) is 34.7 Å². The van der Waals surface area contributed by atoms with Crippen LogP contribution in [0, 0.1) is 17.8 Å². The smallest absolute Gasteiger partial charge is 0.290 e. The van der Waals surface area contributed by atoms with Gasteiger partial charge in [-0.05, 0) is 30.7 Å². The monoisotopic (exact) mass is 338 g/mol. The van der Waals surface area contributed by atoms with Gasteiger partial charge in [-0.25, -0.2) is 0 Å². The summed E-state index contributed by atoms with van der Waals surface area (Å²) in [7, 11) is 0. The minimum absolute atomic E-state index is 0.325. The number of rotatable bonds is 1. The van der Waals surface area contributed by atoms with E-state index in [0.717, 1.165) is 35.6 Å². The first-order chi connectivity index (χ1) is 11.7. The van der Waals surface area contributed by atoms with Crippen molar-refractivity contribution in [3.8, 4) is 11.8 Å². The Hall–Kier alpha value is -2.52. The molecule has 2 fully saturated rings. The van der Waals surface area contributed by atoms with Crippen LogP contribution in [0.15, 0.2) is 27.8 Å². The zero-order valence-electron chi connectivity index (χ0n) is 12.8. The van der Waals surface area contributed by atoms with Gasteiger partial charge in [0.05, 0.1) is 10.5 Å². The molecule has 0 atom stereocenters. The van der Waals surface area contributed by atoms with Gasteiger partial charge in [-0.3, -0.25) is 19.9 Å². The Morgan fingerprint density at radius 2 is 2.12 bits per heavy atom. The number of carbonyl (C=O) groups is 2. The topological polar surface area (TPSA) is 72.2 Å². The van der Waals surface area contributed by atoms with Gasteiger partial charge < -0.3 is 4.42 Å². The second kappa shape index (κ2) is 6.17. The summed E-state index contributed by atoms with van der Waals surface area (Å²) in [6.45, 7) is 0. The van der Waals surface area contributed by atoms with Gasteiger partial charge in [0.2, 0.25) is 0 Å². The third-order valence-electron chi connectivity index (χ3n) is 4.12.